The monoisotopic (exact) mass is 101 g/mol. The highest BCUT2D eigenvalue weighted by Crippen LogP contribution is 1.78. The van der Waals surface area contributed by atoms with E-state index in [0.717, 1.165) is 0 Å². The Bertz CT molecular complexity index is 80.9. The fraction of sp³-hybridized carbons (Fsp3) is 0.500. The number of hydrogen-bond acceptors (Lipinski definition) is 3. The highest BCUT2D eigenvalue weighted by Gasteiger charge is 1.82. The van der Waals surface area contributed by atoms with Gasteiger partial charge in [0.1, 0.15) is 5.82 Å². The Labute approximate surface area is 43.4 Å². The van der Waals surface area contributed by atoms with Crippen LogP contribution < -0.4 is 16.8 Å². The molecule has 0 bridgehead atoms. The normalized spacial score (nSPS) is 12.9. The zero-order chi connectivity index (χ0) is 5.86. The minimum atomic E-state index is 0.542. The molecule has 0 saturated carbocycles. The molecule has 0 aromatic rings. The van der Waals surface area contributed by atoms with E-state index in [1.165, 1.54) is 0 Å². The standard InChI is InChI=1S/C4H11N3/c1-3(5)4(6)7-2/h7H,5-6H2,1-2H3/b4-3+. The predicted octanol–water partition coefficient (Wildman–Crippen LogP) is -0.688. The van der Waals surface area contributed by atoms with Gasteiger partial charge in [-0.15, -0.1) is 0 Å². The first kappa shape index (κ1) is 6.14. The van der Waals surface area contributed by atoms with Crippen LogP contribution in [-0.2, 0) is 0 Å². The van der Waals surface area contributed by atoms with Gasteiger partial charge >= 0.3 is 0 Å². The van der Waals surface area contributed by atoms with Crippen molar-refractivity contribution in [2.24, 2.45) is 11.5 Å². The molecule has 0 atom stereocenters. The van der Waals surface area contributed by atoms with Crippen molar-refractivity contribution in [3.63, 3.8) is 0 Å². The first-order chi connectivity index (χ1) is 3.18. The molecule has 3 nitrogen and oxygen atoms in total. The van der Waals surface area contributed by atoms with E-state index in [1.54, 1.807) is 14.0 Å². The minimum absolute atomic E-state index is 0.542. The van der Waals surface area contributed by atoms with Gasteiger partial charge in [0, 0.05) is 12.7 Å². The molecule has 5 N–H and O–H groups in total. The molecular weight excluding hydrogens is 90.1 g/mol. The Kier molecular flexibility index (Phi) is 2.05. The topological polar surface area (TPSA) is 64.1 Å². The van der Waals surface area contributed by atoms with Crippen LogP contribution in [0.5, 0.6) is 0 Å². The lowest BCUT2D eigenvalue weighted by atomic mass is 10.5. The second-order valence-electron chi connectivity index (χ2n) is 1.35. The summed E-state index contributed by atoms with van der Waals surface area (Å²) in [5, 5.41) is 2.70. The third kappa shape index (κ3) is 1.92. The Morgan fingerprint density at radius 1 is 1.43 bits per heavy atom. The molecule has 0 fully saturated rings. The van der Waals surface area contributed by atoms with Crippen molar-refractivity contribution in [1.82, 2.24) is 5.32 Å². The SMILES string of the molecule is CN/C(N)=C(\C)N. The molecule has 0 aliphatic heterocycles. The summed E-state index contributed by atoms with van der Waals surface area (Å²) < 4.78 is 0. The second kappa shape index (κ2) is 2.34. The van der Waals surface area contributed by atoms with Crippen LogP contribution in [0.25, 0.3) is 0 Å². The van der Waals surface area contributed by atoms with Crippen LogP contribution in [-0.4, -0.2) is 7.05 Å². The first-order valence-electron chi connectivity index (χ1n) is 2.08. The van der Waals surface area contributed by atoms with E-state index in [4.69, 9.17) is 11.5 Å². The van der Waals surface area contributed by atoms with Crippen molar-refractivity contribution < 1.29 is 0 Å². The number of hydrogen-bond donors (Lipinski definition) is 3. The number of allylic oxidation sites excluding steroid dienone is 1. The number of nitrogens with one attached hydrogen (secondary N) is 1. The summed E-state index contributed by atoms with van der Waals surface area (Å²) >= 11 is 0. The lowest BCUT2D eigenvalue weighted by Gasteiger charge is -1.98. The summed E-state index contributed by atoms with van der Waals surface area (Å²) in [6.45, 7) is 1.74. The molecule has 3 heteroatoms. The summed E-state index contributed by atoms with van der Waals surface area (Å²) in [6, 6.07) is 0. The average molecular weight is 101 g/mol. The Balaban J connectivity index is 3.72. The van der Waals surface area contributed by atoms with E-state index in [9.17, 15) is 0 Å². The molecule has 0 saturated heterocycles. The second-order valence-corrected chi connectivity index (χ2v) is 1.35. The molecule has 0 radical (unpaired) electrons. The summed E-state index contributed by atoms with van der Waals surface area (Å²) in [5.41, 5.74) is 11.1. The van der Waals surface area contributed by atoms with E-state index in [-0.39, 0.29) is 0 Å². The molecule has 42 valence electrons. The van der Waals surface area contributed by atoms with Crippen molar-refractivity contribution in [3.05, 3.63) is 11.5 Å². The Morgan fingerprint density at radius 3 is 1.86 bits per heavy atom. The van der Waals surface area contributed by atoms with Gasteiger partial charge in [0.05, 0.1) is 0 Å². The molecule has 0 aliphatic rings. The summed E-state index contributed by atoms with van der Waals surface area (Å²) in [7, 11) is 1.73. The minimum Gasteiger partial charge on any atom is -0.399 e. The van der Waals surface area contributed by atoms with Crippen LogP contribution >= 0.6 is 0 Å². The van der Waals surface area contributed by atoms with Crippen LogP contribution in [0.3, 0.4) is 0 Å². The van der Waals surface area contributed by atoms with Gasteiger partial charge in [-0.2, -0.15) is 0 Å². The third-order valence-corrected chi connectivity index (χ3v) is 0.694. The van der Waals surface area contributed by atoms with Gasteiger partial charge < -0.3 is 16.8 Å². The van der Waals surface area contributed by atoms with Crippen molar-refractivity contribution in [3.8, 4) is 0 Å². The maximum atomic E-state index is 5.26. The smallest absolute Gasteiger partial charge is 0.115 e. The van der Waals surface area contributed by atoms with Crippen LogP contribution in [0.2, 0.25) is 0 Å². The molecule has 0 rings (SSSR count). The molecule has 0 spiro atoms. The molecule has 7 heavy (non-hydrogen) atoms. The zero-order valence-corrected chi connectivity index (χ0v) is 4.65. The van der Waals surface area contributed by atoms with E-state index in [0.29, 0.717) is 11.5 Å². The summed E-state index contributed by atoms with van der Waals surface area (Å²) in [4.78, 5) is 0. The summed E-state index contributed by atoms with van der Waals surface area (Å²) in [5.74, 6) is 0.542. The molecule has 0 aliphatic carbocycles. The lowest BCUT2D eigenvalue weighted by molar-refractivity contribution is 0.926. The molecule has 0 aromatic carbocycles. The van der Waals surface area contributed by atoms with E-state index < -0.39 is 0 Å². The van der Waals surface area contributed by atoms with Crippen molar-refractivity contribution in [2.45, 2.75) is 6.92 Å². The van der Waals surface area contributed by atoms with Crippen molar-refractivity contribution in [2.75, 3.05) is 7.05 Å². The van der Waals surface area contributed by atoms with Gasteiger partial charge in [-0.05, 0) is 6.92 Å². The van der Waals surface area contributed by atoms with Crippen LogP contribution in [0.15, 0.2) is 11.5 Å². The number of rotatable bonds is 1. The van der Waals surface area contributed by atoms with Gasteiger partial charge in [-0.1, -0.05) is 0 Å². The molecule has 0 amide bonds. The predicted molar refractivity (Wildman–Crippen MR) is 30.1 cm³/mol. The van der Waals surface area contributed by atoms with Gasteiger partial charge in [-0.25, -0.2) is 0 Å². The van der Waals surface area contributed by atoms with Gasteiger partial charge in [0.2, 0.25) is 0 Å². The maximum absolute atomic E-state index is 5.26. The number of nitrogens with two attached hydrogens (primary N) is 2. The van der Waals surface area contributed by atoms with Crippen LogP contribution in [0, 0.1) is 0 Å². The van der Waals surface area contributed by atoms with E-state index in [2.05, 4.69) is 5.32 Å². The van der Waals surface area contributed by atoms with Gasteiger partial charge in [0.15, 0.2) is 0 Å². The lowest BCUT2D eigenvalue weighted by Crippen LogP contribution is -2.19. The highest BCUT2D eigenvalue weighted by atomic mass is 15.0. The van der Waals surface area contributed by atoms with E-state index in [1.807, 2.05) is 0 Å². The van der Waals surface area contributed by atoms with Crippen molar-refractivity contribution in [1.29, 1.82) is 0 Å². The maximum Gasteiger partial charge on any atom is 0.115 e. The van der Waals surface area contributed by atoms with Crippen LogP contribution in [0.4, 0.5) is 0 Å². The molecule has 0 aromatic heterocycles. The van der Waals surface area contributed by atoms with Crippen molar-refractivity contribution >= 4 is 0 Å². The Morgan fingerprint density at radius 2 is 1.86 bits per heavy atom. The summed E-state index contributed by atoms with van der Waals surface area (Å²) in [6.07, 6.45) is 0. The molecule has 0 heterocycles. The highest BCUT2D eigenvalue weighted by molar-refractivity contribution is 5.00. The fourth-order valence-corrected chi connectivity index (χ4v) is 0.197. The quantitative estimate of drug-likeness (QED) is 0.409. The zero-order valence-electron chi connectivity index (χ0n) is 4.65. The van der Waals surface area contributed by atoms with E-state index >= 15 is 0 Å². The third-order valence-electron chi connectivity index (χ3n) is 0.694. The average Bonchev–Trinajstić information content (AvgIpc) is 1.65. The molecular formula is C4H11N3. The van der Waals surface area contributed by atoms with Gasteiger partial charge in [0.25, 0.3) is 0 Å². The Hall–Kier alpha value is -0.860. The largest absolute Gasteiger partial charge is 0.399 e. The molecule has 0 unspecified atom stereocenters. The fourth-order valence-electron chi connectivity index (χ4n) is 0.197. The van der Waals surface area contributed by atoms with Gasteiger partial charge in [-0.3, -0.25) is 0 Å². The van der Waals surface area contributed by atoms with Crippen LogP contribution in [0.1, 0.15) is 6.92 Å². The first-order valence-corrected chi connectivity index (χ1v) is 2.08.